The first-order valence-electron chi connectivity index (χ1n) is 11.4. The molecule has 2 amide bonds. The largest absolute Gasteiger partial charge is 0.493 e. The number of unbranched alkanes of at least 4 members (excludes halogenated alkanes) is 3. The molecule has 0 atom stereocenters. The quantitative estimate of drug-likeness (QED) is 0.317. The summed E-state index contributed by atoms with van der Waals surface area (Å²) in [6.45, 7) is 4.31. The van der Waals surface area contributed by atoms with E-state index in [-0.39, 0.29) is 16.9 Å². The van der Waals surface area contributed by atoms with E-state index in [9.17, 15) is 9.59 Å². The molecule has 0 saturated carbocycles. The molecule has 176 valence electrons. The molecule has 33 heavy (non-hydrogen) atoms. The van der Waals surface area contributed by atoms with Gasteiger partial charge < -0.3 is 15.0 Å². The lowest BCUT2D eigenvalue weighted by molar-refractivity contribution is 0.0792. The van der Waals surface area contributed by atoms with E-state index < -0.39 is 0 Å². The summed E-state index contributed by atoms with van der Waals surface area (Å²) in [6.07, 6.45) is 6.45. The van der Waals surface area contributed by atoms with Gasteiger partial charge in [0.05, 0.1) is 12.2 Å². The number of hydrogen-bond donors (Lipinski definition) is 2. The third-order valence-electron chi connectivity index (χ3n) is 5.43. The Kier molecular flexibility index (Phi) is 9.69. The number of halogens is 1. The number of nitrogens with one attached hydrogen (secondary N) is 2. The van der Waals surface area contributed by atoms with Crippen LogP contribution < -0.4 is 15.4 Å². The van der Waals surface area contributed by atoms with Crippen LogP contribution in [0.4, 0.5) is 5.69 Å². The standard InChI is InChI=1S/C25H30BrN3O3S/c1-2-3-4-7-15-32-22-12-11-19(26)17-21(22)23(30)28-25(33)27-20-10-8-9-18(16-20)24(31)29-13-5-6-14-29/h8-12,16-17H,2-7,13-15H2,1H3,(H2,27,28,30,33). The van der Waals surface area contributed by atoms with Crippen molar-refractivity contribution in [1.82, 2.24) is 10.2 Å². The van der Waals surface area contributed by atoms with Gasteiger partial charge >= 0.3 is 0 Å². The van der Waals surface area contributed by atoms with E-state index in [1.165, 1.54) is 6.42 Å². The molecule has 0 spiro atoms. The molecule has 1 saturated heterocycles. The average Bonchev–Trinajstić information content (AvgIpc) is 3.34. The second-order valence-corrected chi connectivity index (χ2v) is 9.36. The number of anilines is 1. The van der Waals surface area contributed by atoms with E-state index in [1.807, 2.05) is 17.0 Å². The van der Waals surface area contributed by atoms with Crippen molar-refractivity contribution >= 4 is 50.8 Å². The summed E-state index contributed by atoms with van der Waals surface area (Å²) in [6, 6.07) is 12.5. The molecular formula is C25H30BrN3O3S. The van der Waals surface area contributed by atoms with E-state index in [1.54, 1.807) is 30.3 Å². The minimum Gasteiger partial charge on any atom is -0.493 e. The Morgan fingerprint density at radius 2 is 1.88 bits per heavy atom. The Hall–Kier alpha value is -2.45. The van der Waals surface area contributed by atoms with Crippen LogP contribution in [-0.2, 0) is 0 Å². The highest BCUT2D eigenvalue weighted by Crippen LogP contribution is 2.24. The first-order chi connectivity index (χ1) is 16.0. The molecule has 1 aliphatic heterocycles. The summed E-state index contributed by atoms with van der Waals surface area (Å²) in [5.41, 5.74) is 1.65. The number of likely N-dealkylation sites (tertiary alicyclic amines) is 1. The SMILES string of the molecule is CCCCCCOc1ccc(Br)cc1C(=O)NC(=S)Nc1cccc(C(=O)N2CCCC2)c1. The van der Waals surface area contributed by atoms with Crippen molar-refractivity contribution in [2.45, 2.75) is 45.4 Å². The average molecular weight is 533 g/mol. The van der Waals surface area contributed by atoms with Gasteiger partial charge in [0, 0.05) is 28.8 Å². The molecule has 1 heterocycles. The monoisotopic (exact) mass is 531 g/mol. The maximum absolute atomic E-state index is 12.9. The van der Waals surface area contributed by atoms with Gasteiger partial charge in [0.25, 0.3) is 11.8 Å². The van der Waals surface area contributed by atoms with Crippen LogP contribution in [0.1, 0.15) is 66.2 Å². The van der Waals surface area contributed by atoms with Gasteiger partial charge in [-0.1, -0.05) is 48.2 Å². The smallest absolute Gasteiger partial charge is 0.261 e. The Bertz CT molecular complexity index is 993. The van der Waals surface area contributed by atoms with Crippen molar-refractivity contribution in [2.75, 3.05) is 25.0 Å². The lowest BCUT2D eigenvalue weighted by Crippen LogP contribution is -2.34. The molecule has 1 fully saturated rings. The Morgan fingerprint density at radius 3 is 2.64 bits per heavy atom. The molecule has 0 aliphatic carbocycles. The number of amides is 2. The van der Waals surface area contributed by atoms with Gasteiger partial charge in [-0.15, -0.1) is 0 Å². The van der Waals surface area contributed by atoms with Crippen molar-refractivity contribution in [1.29, 1.82) is 0 Å². The zero-order chi connectivity index (χ0) is 23.6. The molecule has 2 aromatic rings. The van der Waals surface area contributed by atoms with Gasteiger partial charge in [0.1, 0.15) is 5.75 Å². The lowest BCUT2D eigenvalue weighted by Gasteiger charge is -2.16. The molecular weight excluding hydrogens is 502 g/mol. The van der Waals surface area contributed by atoms with Crippen molar-refractivity contribution in [3.63, 3.8) is 0 Å². The second-order valence-electron chi connectivity index (χ2n) is 8.04. The summed E-state index contributed by atoms with van der Waals surface area (Å²) in [4.78, 5) is 27.4. The van der Waals surface area contributed by atoms with Crippen LogP contribution in [0.3, 0.4) is 0 Å². The molecule has 0 bridgehead atoms. The third kappa shape index (κ3) is 7.54. The van der Waals surface area contributed by atoms with Crippen LogP contribution in [-0.4, -0.2) is 41.5 Å². The number of thiocarbonyl (C=S) groups is 1. The molecule has 8 heteroatoms. The number of benzene rings is 2. The highest BCUT2D eigenvalue weighted by atomic mass is 79.9. The molecule has 2 aromatic carbocycles. The number of carbonyl (C=O) groups excluding carboxylic acids is 2. The molecule has 1 aliphatic rings. The molecule has 2 N–H and O–H groups in total. The maximum Gasteiger partial charge on any atom is 0.261 e. The maximum atomic E-state index is 12.9. The number of rotatable bonds is 9. The van der Waals surface area contributed by atoms with Crippen molar-refractivity contribution in [2.24, 2.45) is 0 Å². The summed E-state index contributed by atoms with van der Waals surface area (Å²) >= 11 is 8.77. The number of nitrogens with zero attached hydrogens (tertiary/aromatic N) is 1. The number of hydrogen-bond acceptors (Lipinski definition) is 4. The van der Waals surface area contributed by atoms with E-state index in [0.29, 0.717) is 29.2 Å². The molecule has 0 radical (unpaired) electrons. The fraction of sp³-hybridized carbons (Fsp3) is 0.400. The van der Waals surface area contributed by atoms with E-state index >= 15 is 0 Å². The lowest BCUT2D eigenvalue weighted by atomic mass is 10.1. The Balaban J connectivity index is 1.60. The van der Waals surface area contributed by atoms with Crippen molar-refractivity contribution in [3.8, 4) is 5.75 Å². The van der Waals surface area contributed by atoms with Gasteiger partial charge in [-0.25, -0.2) is 0 Å². The van der Waals surface area contributed by atoms with Crippen LogP contribution in [0.5, 0.6) is 5.75 Å². The summed E-state index contributed by atoms with van der Waals surface area (Å²) in [7, 11) is 0. The topological polar surface area (TPSA) is 70.7 Å². The minimum absolute atomic E-state index is 0.0148. The predicted molar refractivity (Wildman–Crippen MR) is 139 cm³/mol. The van der Waals surface area contributed by atoms with E-state index in [0.717, 1.165) is 49.7 Å². The summed E-state index contributed by atoms with van der Waals surface area (Å²) in [5.74, 6) is 0.177. The third-order valence-corrected chi connectivity index (χ3v) is 6.13. The van der Waals surface area contributed by atoms with Gasteiger partial charge in [-0.2, -0.15) is 0 Å². The second kappa shape index (κ2) is 12.7. The summed E-state index contributed by atoms with van der Waals surface area (Å²) in [5, 5.41) is 5.87. The Labute approximate surface area is 209 Å². The van der Waals surface area contributed by atoms with Gasteiger partial charge in [-0.3, -0.25) is 14.9 Å². The van der Waals surface area contributed by atoms with Gasteiger partial charge in [0.2, 0.25) is 0 Å². The van der Waals surface area contributed by atoms with Crippen LogP contribution in [0.15, 0.2) is 46.9 Å². The van der Waals surface area contributed by atoms with Gasteiger partial charge in [-0.05, 0) is 67.9 Å². The van der Waals surface area contributed by atoms with Crippen LogP contribution in [0.2, 0.25) is 0 Å². The van der Waals surface area contributed by atoms with Crippen LogP contribution in [0, 0.1) is 0 Å². The molecule has 6 nitrogen and oxygen atoms in total. The first kappa shape index (κ1) is 25.2. The van der Waals surface area contributed by atoms with E-state index in [2.05, 4.69) is 33.5 Å². The highest BCUT2D eigenvalue weighted by molar-refractivity contribution is 9.10. The van der Waals surface area contributed by atoms with Gasteiger partial charge in [0.15, 0.2) is 5.11 Å². The zero-order valence-corrected chi connectivity index (χ0v) is 21.3. The number of carbonyl (C=O) groups is 2. The number of ether oxygens (including phenoxy) is 1. The fourth-order valence-corrected chi connectivity index (χ4v) is 4.25. The molecule has 0 unspecified atom stereocenters. The van der Waals surface area contributed by atoms with Crippen LogP contribution >= 0.6 is 28.1 Å². The van der Waals surface area contributed by atoms with Crippen LogP contribution in [0.25, 0.3) is 0 Å². The van der Waals surface area contributed by atoms with Crippen molar-refractivity contribution in [3.05, 3.63) is 58.1 Å². The van der Waals surface area contributed by atoms with E-state index in [4.69, 9.17) is 17.0 Å². The predicted octanol–water partition coefficient (Wildman–Crippen LogP) is 5.77. The summed E-state index contributed by atoms with van der Waals surface area (Å²) < 4.78 is 6.64. The first-order valence-corrected chi connectivity index (χ1v) is 12.6. The Morgan fingerprint density at radius 1 is 1.09 bits per heavy atom. The zero-order valence-electron chi connectivity index (χ0n) is 18.9. The highest BCUT2D eigenvalue weighted by Gasteiger charge is 2.20. The minimum atomic E-state index is -0.360. The normalized spacial score (nSPS) is 13.0. The molecule has 3 rings (SSSR count). The molecule has 0 aromatic heterocycles. The van der Waals surface area contributed by atoms with Crippen molar-refractivity contribution < 1.29 is 14.3 Å². The fourth-order valence-electron chi connectivity index (χ4n) is 3.68.